The Morgan fingerprint density at radius 1 is 1.46 bits per heavy atom. The lowest BCUT2D eigenvalue weighted by atomic mass is 10.2. The lowest BCUT2D eigenvalue weighted by Crippen LogP contribution is -2.45. The van der Waals surface area contributed by atoms with Crippen LogP contribution in [0.3, 0.4) is 0 Å². The quantitative estimate of drug-likeness (QED) is 0.717. The van der Waals surface area contributed by atoms with Gasteiger partial charge in [0.2, 0.25) is 11.8 Å². The Hall–Kier alpha value is -2.16. The minimum Gasteiger partial charge on any atom is -0.496 e. The predicted molar refractivity (Wildman–Crippen MR) is 107 cm³/mol. The number of aliphatic hydroxyl groups is 1. The van der Waals surface area contributed by atoms with Crippen molar-refractivity contribution in [2.24, 2.45) is 0 Å². The minimum atomic E-state index is -0.507. The van der Waals surface area contributed by atoms with Crippen molar-refractivity contribution in [2.45, 2.75) is 29.8 Å². The van der Waals surface area contributed by atoms with Gasteiger partial charge in [0, 0.05) is 10.6 Å². The third-order valence-corrected chi connectivity index (χ3v) is 6.08. The molecule has 1 aliphatic heterocycles. The molecule has 4 rings (SSSR count). The van der Waals surface area contributed by atoms with Crippen molar-refractivity contribution >= 4 is 35.1 Å². The highest BCUT2D eigenvalue weighted by Crippen LogP contribution is 2.45. The minimum absolute atomic E-state index is 0.287. The highest BCUT2D eigenvalue weighted by Gasteiger charge is 2.52. The summed E-state index contributed by atoms with van der Waals surface area (Å²) in [5, 5.41) is 9.95. The third kappa shape index (κ3) is 3.72. The Balaban J connectivity index is 1.54. The molecule has 28 heavy (non-hydrogen) atoms. The van der Waals surface area contributed by atoms with E-state index in [1.807, 2.05) is 18.2 Å². The number of rotatable bonds is 5. The summed E-state index contributed by atoms with van der Waals surface area (Å²) in [6.07, 6.45) is 3.44. The maximum Gasteiger partial charge on any atom is 0.249 e. The topological polar surface area (TPSA) is 83.9 Å². The molecule has 1 aliphatic carbocycles. The van der Waals surface area contributed by atoms with Crippen LogP contribution in [-0.2, 0) is 11.3 Å². The van der Waals surface area contributed by atoms with Crippen LogP contribution >= 0.6 is 23.5 Å². The molecule has 0 atom stereocenters. The standard InChI is InChI=1S/C19H20ClN3O4S/c1-26-15-3-2-13(20)7-16(15)28-22-14-6-12-9-23(17(25)10-24)19(4-5-19)11-27-18(12)21-8-14/h2-3,6-8,22,24H,4-5,9-11H2,1H3. The molecule has 2 aromatic rings. The van der Waals surface area contributed by atoms with Crippen LogP contribution in [0.2, 0.25) is 5.02 Å². The largest absolute Gasteiger partial charge is 0.496 e. The Labute approximate surface area is 172 Å². The van der Waals surface area contributed by atoms with Crippen molar-refractivity contribution in [1.82, 2.24) is 9.88 Å². The van der Waals surface area contributed by atoms with E-state index in [1.54, 1.807) is 24.3 Å². The molecule has 9 heteroatoms. The van der Waals surface area contributed by atoms with E-state index in [1.165, 1.54) is 11.9 Å². The number of amides is 1. The zero-order chi connectivity index (χ0) is 19.7. The van der Waals surface area contributed by atoms with Crippen LogP contribution in [0.1, 0.15) is 18.4 Å². The fraction of sp³-hybridized carbons (Fsp3) is 0.368. The fourth-order valence-electron chi connectivity index (χ4n) is 3.26. The van der Waals surface area contributed by atoms with E-state index in [2.05, 4.69) is 9.71 Å². The van der Waals surface area contributed by atoms with Gasteiger partial charge in [0.1, 0.15) is 19.0 Å². The molecule has 1 fully saturated rings. The number of aliphatic hydroxyl groups excluding tert-OH is 1. The number of carbonyl (C=O) groups is 1. The van der Waals surface area contributed by atoms with E-state index in [4.69, 9.17) is 21.1 Å². The zero-order valence-corrected chi connectivity index (χ0v) is 16.8. The van der Waals surface area contributed by atoms with Gasteiger partial charge in [-0.25, -0.2) is 4.98 Å². The number of methoxy groups -OCH3 is 1. The number of pyridine rings is 1. The van der Waals surface area contributed by atoms with Gasteiger partial charge < -0.3 is 24.2 Å². The van der Waals surface area contributed by atoms with Crippen molar-refractivity contribution in [1.29, 1.82) is 0 Å². The lowest BCUT2D eigenvalue weighted by Gasteiger charge is -2.28. The number of benzene rings is 1. The summed E-state index contributed by atoms with van der Waals surface area (Å²) in [7, 11) is 1.61. The van der Waals surface area contributed by atoms with E-state index in [0.717, 1.165) is 29.0 Å². The number of ether oxygens (including phenoxy) is 2. The molecule has 1 amide bonds. The smallest absolute Gasteiger partial charge is 0.249 e. The van der Waals surface area contributed by atoms with Gasteiger partial charge in [-0.3, -0.25) is 4.79 Å². The second-order valence-corrected chi connectivity index (χ2v) is 8.12. The lowest BCUT2D eigenvalue weighted by molar-refractivity contribution is -0.138. The predicted octanol–water partition coefficient (Wildman–Crippen LogP) is 3.11. The van der Waals surface area contributed by atoms with Gasteiger partial charge in [0.25, 0.3) is 0 Å². The second kappa shape index (κ2) is 7.69. The molecule has 1 aromatic carbocycles. The van der Waals surface area contributed by atoms with E-state index in [0.29, 0.717) is 29.8 Å². The molecule has 0 saturated heterocycles. The number of aromatic nitrogens is 1. The highest BCUT2D eigenvalue weighted by atomic mass is 35.5. The van der Waals surface area contributed by atoms with E-state index < -0.39 is 6.61 Å². The Bertz CT molecular complexity index is 907. The first kappa shape index (κ1) is 19.2. The first-order valence-corrected chi connectivity index (χ1v) is 10.0. The van der Waals surface area contributed by atoms with Gasteiger partial charge in [0.05, 0.1) is 36.0 Å². The third-order valence-electron chi connectivity index (χ3n) is 4.97. The zero-order valence-electron chi connectivity index (χ0n) is 15.3. The molecule has 1 spiro atoms. The summed E-state index contributed by atoms with van der Waals surface area (Å²) in [5.41, 5.74) is 1.25. The van der Waals surface area contributed by atoms with Crippen LogP contribution in [0, 0.1) is 0 Å². The van der Waals surface area contributed by atoms with Gasteiger partial charge in [-0.05, 0) is 49.1 Å². The molecule has 7 nitrogen and oxygen atoms in total. The van der Waals surface area contributed by atoms with Gasteiger partial charge in [-0.1, -0.05) is 11.6 Å². The van der Waals surface area contributed by atoms with Gasteiger partial charge in [-0.15, -0.1) is 0 Å². The number of hydrogen-bond acceptors (Lipinski definition) is 7. The fourth-order valence-corrected chi connectivity index (χ4v) is 4.27. The molecule has 148 valence electrons. The first-order chi connectivity index (χ1) is 13.5. The molecule has 2 N–H and O–H groups in total. The van der Waals surface area contributed by atoms with Crippen molar-refractivity contribution in [3.63, 3.8) is 0 Å². The molecule has 1 saturated carbocycles. The molecule has 0 bridgehead atoms. The van der Waals surface area contributed by atoms with Crippen molar-refractivity contribution in [3.05, 3.63) is 41.0 Å². The molecule has 0 unspecified atom stereocenters. The number of fused-ring (bicyclic) bond motifs is 1. The summed E-state index contributed by atoms with van der Waals surface area (Å²) >= 11 is 7.43. The number of halogens is 1. The highest BCUT2D eigenvalue weighted by molar-refractivity contribution is 8.00. The van der Waals surface area contributed by atoms with Crippen LogP contribution in [0.4, 0.5) is 5.69 Å². The van der Waals surface area contributed by atoms with Gasteiger partial charge in [-0.2, -0.15) is 0 Å². The van der Waals surface area contributed by atoms with E-state index in [-0.39, 0.29) is 11.4 Å². The van der Waals surface area contributed by atoms with E-state index >= 15 is 0 Å². The molecule has 2 heterocycles. The average molecular weight is 422 g/mol. The maximum absolute atomic E-state index is 12.2. The van der Waals surface area contributed by atoms with Crippen molar-refractivity contribution in [3.8, 4) is 11.6 Å². The first-order valence-electron chi connectivity index (χ1n) is 8.84. The maximum atomic E-state index is 12.2. The molecular weight excluding hydrogens is 402 g/mol. The number of nitrogens with one attached hydrogen (secondary N) is 1. The summed E-state index contributed by atoms with van der Waals surface area (Å²) < 4.78 is 14.5. The average Bonchev–Trinajstić information content (AvgIpc) is 3.51. The Kier molecular flexibility index (Phi) is 5.27. The number of carbonyl (C=O) groups excluding carboxylic acids is 1. The van der Waals surface area contributed by atoms with Crippen LogP contribution < -0.4 is 14.2 Å². The van der Waals surface area contributed by atoms with Gasteiger partial charge in [0.15, 0.2) is 0 Å². The number of anilines is 1. The van der Waals surface area contributed by atoms with Crippen LogP contribution in [0.25, 0.3) is 0 Å². The van der Waals surface area contributed by atoms with Crippen molar-refractivity contribution < 1.29 is 19.4 Å². The molecular formula is C19H20ClN3O4S. The summed E-state index contributed by atoms with van der Waals surface area (Å²) in [5.74, 6) is 0.948. The second-order valence-electron chi connectivity index (χ2n) is 6.84. The van der Waals surface area contributed by atoms with Crippen molar-refractivity contribution in [2.75, 3.05) is 25.0 Å². The molecule has 0 radical (unpaired) electrons. The van der Waals surface area contributed by atoms with Crippen LogP contribution in [0.5, 0.6) is 11.6 Å². The van der Waals surface area contributed by atoms with E-state index in [9.17, 15) is 9.90 Å². The summed E-state index contributed by atoms with van der Waals surface area (Å²) in [6, 6.07) is 7.30. The summed E-state index contributed by atoms with van der Waals surface area (Å²) in [4.78, 5) is 19.2. The SMILES string of the molecule is COc1ccc(Cl)cc1SNc1cnc2c(c1)CN(C(=O)CO)C1(CC1)CO2. The normalized spacial score (nSPS) is 16.8. The Morgan fingerprint density at radius 2 is 2.29 bits per heavy atom. The monoisotopic (exact) mass is 421 g/mol. The number of nitrogens with zero attached hydrogens (tertiary/aromatic N) is 2. The Morgan fingerprint density at radius 3 is 3.00 bits per heavy atom. The number of hydrogen-bond donors (Lipinski definition) is 2. The molecule has 1 aromatic heterocycles. The molecule has 2 aliphatic rings. The van der Waals surface area contributed by atoms with Gasteiger partial charge >= 0.3 is 0 Å². The van der Waals surface area contributed by atoms with Crippen LogP contribution in [0.15, 0.2) is 35.4 Å². The van der Waals surface area contributed by atoms with Crippen LogP contribution in [-0.4, -0.2) is 46.8 Å². The summed E-state index contributed by atoms with van der Waals surface area (Å²) in [6.45, 7) is 0.259.